The molecule has 2 rings (SSSR count). The highest BCUT2D eigenvalue weighted by Gasteiger charge is 2.20. The minimum absolute atomic E-state index is 0.0602. The molecular weight excluding hydrogens is 268 g/mol. The van der Waals surface area contributed by atoms with E-state index in [1.807, 2.05) is 0 Å². The number of hydrogen-bond acceptors (Lipinski definition) is 5. The molecule has 1 aromatic rings. The normalized spacial score (nSPS) is 15.5. The molecule has 19 heavy (non-hydrogen) atoms. The van der Waals surface area contributed by atoms with Crippen LogP contribution in [-0.4, -0.2) is 38.6 Å². The van der Waals surface area contributed by atoms with Crippen molar-refractivity contribution in [2.75, 3.05) is 25.1 Å². The van der Waals surface area contributed by atoms with Crippen LogP contribution in [0.15, 0.2) is 18.2 Å². The fourth-order valence-electron chi connectivity index (χ4n) is 2.07. The van der Waals surface area contributed by atoms with Crippen molar-refractivity contribution in [3.05, 3.63) is 23.8 Å². The third kappa shape index (κ3) is 3.60. The van der Waals surface area contributed by atoms with E-state index in [1.165, 1.54) is 18.2 Å². The van der Waals surface area contributed by atoms with E-state index < -0.39 is 10.1 Å². The Bertz CT molecular complexity index is 592. The first-order chi connectivity index (χ1) is 8.85. The second-order valence-electron chi connectivity index (χ2n) is 4.58. The number of rotatable bonds is 3. The molecule has 2 N–H and O–H groups in total. The van der Waals surface area contributed by atoms with E-state index in [1.54, 1.807) is 4.90 Å². The zero-order valence-electron chi connectivity index (χ0n) is 10.6. The molecule has 0 spiro atoms. The Morgan fingerprint density at radius 2 is 1.89 bits per heavy atom. The summed E-state index contributed by atoms with van der Waals surface area (Å²) >= 11 is 0. The minimum atomic E-state index is -3.64. The van der Waals surface area contributed by atoms with Gasteiger partial charge in [0.05, 0.1) is 6.26 Å². The van der Waals surface area contributed by atoms with Gasteiger partial charge in [-0.3, -0.25) is 4.79 Å². The van der Waals surface area contributed by atoms with Crippen LogP contribution in [0, 0.1) is 0 Å². The lowest BCUT2D eigenvalue weighted by Crippen LogP contribution is -2.27. The van der Waals surface area contributed by atoms with Crippen LogP contribution in [0.3, 0.4) is 0 Å². The van der Waals surface area contributed by atoms with Crippen LogP contribution in [0.5, 0.6) is 5.75 Å². The third-order valence-corrected chi connectivity index (χ3v) is 3.31. The van der Waals surface area contributed by atoms with E-state index in [9.17, 15) is 13.2 Å². The molecule has 7 heteroatoms. The Morgan fingerprint density at radius 1 is 1.26 bits per heavy atom. The van der Waals surface area contributed by atoms with Gasteiger partial charge in [0.1, 0.15) is 5.75 Å². The Morgan fingerprint density at radius 3 is 2.47 bits per heavy atom. The molecule has 104 valence electrons. The van der Waals surface area contributed by atoms with Gasteiger partial charge in [0, 0.05) is 30.4 Å². The van der Waals surface area contributed by atoms with Crippen LogP contribution in [0.2, 0.25) is 0 Å². The maximum Gasteiger partial charge on any atom is 0.306 e. The number of nitrogens with two attached hydrogens (primary N) is 1. The summed E-state index contributed by atoms with van der Waals surface area (Å²) < 4.78 is 26.9. The number of nitrogen functional groups attached to an aromatic ring is 1. The summed E-state index contributed by atoms with van der Waals surface area (Å²) in [5.74, 6) is -0.0896. The van der Waals surface area contributed by atoms with Gasteiger partial charge in [-0.05, 0) is 25.0 Å². The lowest BCUT2D eigenvalue weighted by molar-refractivity contribution is 0.0792. The Kier molecular flexibility index (Phi) is 3.66. The zero-order valence-corrected chi connectivity index (χ0v) is 11.4. The Balaban J connectivity index is 2.28. The summed E-state index contributed by atoms with van der Waals surface area (Å²) in [5.41, 5.74) is 6.31. The smallest absolute Gasteiger partial charge is 0.306 e. The SMILES string of the molecule is CS(=O)(=O)Oc1cc(N)cc(C(=O)N2CCCC2)c1. The molecule has 0 unspecified atom stereocenters. The van der Waals surface area contributed by atoms with E-state index >= 15 is 0 Å². The maximum absolute atomic E-state index is 12.2. The van der Waals surface area contributed by atoms with Crippen LogP contribution in [-0.2, 0) is 10.1 Å². The number of carbonyl (C=O) groups excluding carboxylic acids is 1. The molecule has 1 aromatic carbocycles. The maximum atomic E-state index is 12.2. The van der Waals surface area contributed by atoms with Gasteiger partial charge in [0.15, 0.2) is 0 Å². The number of likely N-dealkylation sites (tertiary alicyclic amines) is 1. The molecule has 1 saturated heterocycles. The van der Waals surface area contributed by atoms with Crippen molar-refractivity contribution < 1.29 is 17.4 Å². The quantitative estimate of drug-likeness (QED) is 0.656. The molecule has 1 fully saturated rings. The number of amides is 1. The van der Waals surface area contributed by atoms with Crippen molar-refractivity contribution in [2.45, 2.75) is 12.8 Å². The lowest BCUT2D eigenvalue weighted by Gasteiger charge is -2.16. The monoisotopic (exact) mass is 284 g/mol. The van der Waals surface area contributed by atoms with E-state index in [0.717, 1.165) is 32.2 Å². The second-order valence-corrected chi connectivity index (χ2v) is 6.15. The van der Waals surface area contributed by atoms with Crippen LogP contribution < -0.4 is 9.92 Å². The minimum Gasteiger partial charge on any atom is -0.399 e. The summed E-state index contributed by atoms with van der Waals surface area (Å²) in [6.07, 6.45) is 2.92. The van der Waals surface area contributed by atoms with Gasteiger partial charge in [-0.1, -0.05) is 0 Å². The summed E-state index contributed by atoms with van der Waals surface area (Å²) in [5, 5.41) is 0. The first-order valence-corrected chi connectivity index (χ1v) is 7.76. The standard InChI is InChI=1S/C12H16N2O4S/c1-19(16,17)18-11-7-9(6-10(13)8-11)12(15)14-4-2-3-5-14/h6-8H,2-5,13H2,1H3. The van der Waals surface area contributed by atoms with Gasteiger partial charge in [0.2, 0.25) is 0 Å². The topological polar surface area (TPSA) is 89.7 Å². The summed E-state index contributed by atoms with van der Waals surface area (Å²) in [7, 11) is -3.64. The average Bonchev–Trinajstić information content (AvgIpc) is 2.77. The van der Waals surface area contributed by atoms with Gasteiger partial charge >= 0.3 is 10.1 Å². The number of benzene rings is 1. The fourth-order valence-corrected chi connectivity index (χ4v) is 2.52. The first-order valence-electron chi connectivity index (χ1n) is 5.94. The number of carbonyl (C=O) groups is 1. The van der Waals surface area contributed by atoms with E-state index in [2.05, 4.69) is 0 Å². The first kappa shape index (κ1) is 13.7. The summed E-state index contributed by atoms with van der Waals surface area (Å²) in [4.78, 5) is 13.9. The average molecular weight is 284 g/mol. The highest BCUT2D eigenvalue weighted by Crippen LogP contribution is 2.22. The van der Waals surface area contributed by atoms with Crippen molar-refractivity contribution >= 4 is 21.7 Å². The predicted molar refractivity (Wildman–Crippen MR) is 71.5 cm³/mol. The van der Waals surface area contributed by atoms with Crippen LogP contribution in [0.4, 0.5) is 5.69 Å². The van der Waals surface area contributed by atoms with Gasteiger partial charge in [-0.15, -0.1) is 0 Å². The molecule has 0 radical (unpaired) electrons. The van der Waals surface area contributed by atoms with Gasteiger partial charge < -0.3 is 14.8 Å². The molecule has 1 amide bonds. The van der Waals surface area contributed by atoms with E-state index in [-0.39, 0.29) is 11.7 Å². The van der Waals surface area contributed by atoms with Crippen LogP contribution in [0.1, 0.15) is 23.2 Å². The van der Waals surface area contributed by atoms with Gasteiger partial charge in [0.25, 0.3) is 5.91 Å². The molecule has 1 aliphatic heterocycles. The largest absolute Gasteiger partial charge is 0.399 e. The van der Waals surface area contributed by atoms with Crippen LogP contribution >= 0.6 is 0 Å². The number of hydrogen-bond donors (Lipinski definition) is 1. The molecule has 0 atom stereocenters. The fraction of sp³-hybridized carbons (Fsp3) is 0.417. The molecule has 1 aliphatic rings. The van der Waals surface area contributed by atoms with Crippen LogP contribution in [0.25, 0.3) is 0 Å². The number of anilines is 1. The molecule has 0 aliphatic carbocycles. The van der Waals surface area contributed by atoms with Crippen molar-refractivity contribution in [2.24, 2.45) is 0 Å². The molecule has 0 bridgehead atoms. The van der Waals surface area contributed by atoms with Crippen molar-refractivity contribution in [1.82, 2.24) is 4.90 Å². The summed E-state index contributed by atoms with van der Waals surface area (Å²) in [6, 6.07) is 4.30. The lowest BCUT2D eigenvalue weighted by atomic mass is 10.1. The third-order valence-electron chi connectivity index (χ3n) is 2.82. The molecule has 0 saturated carbocycles. The molecule has 1 heterocycles. The Hall–Kier alpha value is -1.76. The Labute approximate surface area is 112 Å². The molecular formula is C12H16N2O4S. The van der Waals surface area contributed by atoms with E-state index in [4.69, 9.17) is 9.92 Å². The van der Waals surface area contributed by atoms with Crippen molar-refractivity contribution in [3.8, 4) is 5.75 Å². The number of nitrogens with zero attached hydrogens (tertiary/aromatic N) is 1. The second kappa shape index (κ2) is 5.08. The van der Waals surface area contributed by atoms with Crippen molar-refractivity contribution in [1.29, 1.82) is 0 Å². The predicted octanol–water partition coefficient (Wildman–Crippen LogP) is 0.843. The van der Waals surface area contributed by atoms with Gasteiger partial charge in [-0.2, -0.15) is 8.42 Å². The highest BCUT2D eigenvalue weighted by atomic mass is 32.2. The van der Waals surface area contributed by atoms with Gasteiger partial charge in [-0.25, -0.2) is 0 Å². The van der Waals surface area contributed by atoms with Crippen molar-refractivity contribution in [3.63, 3.8) is 0 Å². The highest BCUT2D eigenvalue weighted by molar-refractivity contribution is 7.86. The molecule has 0 aromatic heterocycles. The van der Waals surface area contributed by atoms with E-state index in [0.29, 0.717) is 11.3 Å². The summed E-state index contributed by atoms with van der Waals surface area (Å²) in [6.45, 7) is 1.44. The zero-order chi connectivity index (χ0) is 14.0. The molecule has 6 nitrogen and oxygen atoms in total.